The van der Waals surface area contributed by atoms with E-state index in [0.717, 1.165) is 89.9 Å². The standard InChI is InChI=1S/C63H102O6/c1-4-7-10-13-16-19-22-25-28-30-31-33-35-38-41-44-47-50-53-56-62(65)68-59-60(58-67-61(64)55-52-49-46-43-40-37-34-27-24-21-18-15-12-9-6-3)69-63(66)57-54-51-48-45-42-39-36-32-29-26-23-20-17-14-11-8-5-2/h16,18-19,21,25-29,31,33-34,36,38-41,43,45,48,60H,4-15,17,20,22-24,30,32,35,37,42,44,46-47,49-59H2,1-3H3/b19-16-,21-18-,28-25-,29-26-,33-31-,34-27-,39-36-,41-38-,43-40-,48-45-/t60-/m0/s1. The highest BCUT2D eigenvalue weighted by molar-refractivity contribution is 5.71. The minimum absolute atomic E-state index is 0.130. The van der Waals surface area contributed by atoms with Gasteiger partial charge in [-0.25, -0.2) is 0 Å². The molecular formula is C63H102O6. The number of hydrogen-bond acceptors (Lipinski definition) is 6. The minimum Gasteiger partial charge on any atom is -0.462 e. The summed E-state index contributed by atoms with van der Waals surface area (Å²) in [5, 5.41) is 0. The molecule has 1 atom stereocenters. The number of allylic oxidation sites excluding steroid dienone is 20. The first kappa shape index (κ1) is 64.8. The molecule has 0 aliphatic carbocycles. The summed E-state index contributed by atoms with van der Waals surface area (Å²) >= 11 is 0. The number of rotatable bonds is 49. The van der Waals surface area contributed by atoms with Crippen LogP contribution in [0, 0.1) is 0 Å². The molecule has 0 heterocycles. The monoisotopic (exact) mass is 955 g/mol. The molecule has 0 bridgehead atoms. The zero-order valence-corrected chi connectivity index (χ0v) is 44.5. The molecule has 0 aromatic heterocycles. The molecule has 0 saturated heterocycles. The first-order valence-electron chi connectivity index (χ1n) is 28.0. The Morgan fingerprint density at radius 1 is 0.290 bits per heavy atom. The predicted molar refractivity (Wildman–Crippen MR) is 297 cm³/mol. The topological polar surface area (TPSA) is 78.9 Å². The van der Waals surface area contributed by atoms with Gasteiger partial charge in [0, 0.05) is 19.3 Å². The highest BCUT2D eigenvalue weighted by Gasteiger charge is 2.19. The van der Waals surface area contributed by atoms with E-state index in [4.69, 9.17) is 14.2 Å². The third kappa shape index (κ3) is 54.6. The number of hydrogen-bond donors (Lipinski definition) is 0. The van der Waals surface area contributed by atoms with Crippen LogP contribution < -0.4 is 0 Å². The Kier molecular flexibility index (Phi) is 53.0. The fourth-order valence-corrected chi connectivity index (χ4v) is 7.15. The second-order valence-corrected chi connectivity index (χ2v) is 18.1. The van der Waals surface area contributed by atoms with Crippen LogP contribution in [0.3, 0.4) is 0 Å². The first-order valence-corrected chi connectivity index (χ1v) is 28.0. The number of carbonyl (C=O) groups excluding carboxylic acids is 3. The smallest absolute Gasteiger partial charge is 0.306 e. The van der Waals surface area contributed by atoms with Gasteiger partial charge in [-0.15, -0.1) is 0 Å². The summed E-state index contributed by atoms with van der Waals surface area (Å²) in [6.45, 7) is 6.46. The molecule has 0 aromatic rings. The molecule has 0 aliphatic rings. The van der Waals surface area contributed by atoms with Crippen LogP contribution in [0.4, 0.5) is 0 Å². The van der Waals surface area contributed by atoms with Gasteiger partial charge in [0.25, 0.3) is 0 Å². The zero-order valence-electron chi connectivity index (χ0n) is 44.5. The van der Waals surface area contributed by atoms with Gasteiger partial charge in [0.2, 0.25) is 0 Å². The fourth-order valence-electron chi connectivity index (χ4n) is 7.15. The molecular weight excluding hydrogens is 853 g/mol. The van der Waals surface area contributed by atoms with Gasteiger partial charge in [-0.1, -0.05) is 206 Å². The lowest BCUT2D eigenvalue weighted by molar-refractivity contribution is -0.167. The number of esters is 3. The molecule has 0 fully saturated rings. The summed E-state index contributed by atoms with van der Waals surface area (Å²) in [6, 6.07) is 0. The van der Waals surface area contributed by atoms with Crippen molar-refractivity contribution in [3.05, 3.63) is 122 Å². The SMILES string of the molecule is CCCCC/C=C\C/C=C\C/C=C\C/C=C\CCCCCC(=O)OC[C@H](COC(=O)CCCC/C=C\C/C=C\C/C=C\CCCCC)OC(=O)CCC/C=C\C/C=C\C/C=C\CCCCCCCC. The van der Waals surface area contributed by atoms with Crippen LogP contribution in [-0.4, -0.2) is 37.2 Å². The molecule has 0 radical (unpaired) electrons. The molecule has 0 saturated carbocycles. The fraction of sp³-hybridized carbons (Fsp3) is 0.635. The predicted octanol–water partition coefficient (Wildman–Crippen LogP) is 18.9. The Balaban J connectivity index is 4.60. The molecule has 0 unspecified atom stereocenters. The lowest BCUT2D eigenvalue weighted by Gasteiger charge is -2.18. The summed E-state index contributed by atoms with van der Waals surface area (Å²) in [5.41, 5.74) is 0. The highest BCUT2D eigenvalue weighted by Crippen LogP contribution is 2.11. The second kappa shape index (κ2) is 56.4. The molecule has 0 aromatic carbocycles. The van der Waals surface area contributed by atoms with Gasteiger partial charge in [0.05, 0.1) is 0 Å². The van der Waals surface area contributed by atoms with Crippen molar-refractivity contribution in [2.24, 2.45) is 0 Å². The van der Waals surface area contributed by atoms with E-state index in [-0.39, 0.29) is 44.0 Å². The summed E-state index contributed by atoms with van der Waals surface area (Å²) in [5.74, 6) is -1.05. The Hall–Kier alpha value is -4.19. The maximum absolute atomic E-state index is 12.8. The largest absolute Gasteiger partial charge is 0.462 e. The van der Waals surface area contributed by atoms with Crippen LogP contribution >= 0.6 is 0 Å². The molecule has 0 rings (SSSR count). The molecule has 6 nitrogen and oxygen atoms in total. The van der Waals surface area contributed by atoms with Crippen molar-refractivity contribution < 1.29 is 28.6 Å². The van der Waals surface area contributed by atoms with Crippen LogP contribution in [-0.2, 0) is 28.6 Å². The Morgan fingerprint density at radius 3 is 0.913 bits per heavy atom. The Bertz CT molecular complexity index is 1470. The Labute approximate surface area is 424 Å². The van der Waals surface area contributed by atoms with Crippen molar-refractivity contribution in [1.29, 1.82) is 0 Å². The van der Waals surface area contributed by atoms with Gasteiger partial charge in [-0.3, -0.25) is 14.4 Å². The highest BCUT2D eigenvalue weighted by atomic mass is 16.6. The third-order valence-corrected chi connectivity index (χ3v) is 11.4. The molecule has 0 amide bonds. The van der Waals surface area contributed by atoms with Gasteiger partial charge < -0.3 is 14.2 Å². The average molecular weight is 956 g/mol. The quantitative estimate of drug-likeness (QED) is 0.0262. The Morgan fingerprint density at radius 2 is 0.536 bits per heavy atom. The molecule has 0 aliphatic heterocycles. The number of carbonyl (C=O) groups is 3. The van der Waals surface area contributed by atoms with Gasteiger partial charge in [0.1, 0.15) is 13.2 Å². The lowest BCUT2D eigenvalue weighted by atomic mass is 10.1. The molecule has 0 N–H and O–H groups in total. The maximum atomic E-state index is 12.8. The van der Waals surface area contributed by atoms with Crippen molar-refractivity contribution in [2.75, 3.05) is 13.2 Å². The van der Waals surface area contributed by atoms with E-state index in [1.807, 2.05) is 0 Å². The van der Waals surface area contributed by atoms with Gasteiger partial charge in [-0.05, 0) is 135 Å². The zero-order chi connectivity index (χ0) is 50.0. The first-order chi connectivity index (χ1) is 34.0. The number of unbranched alkanes of at least 4 members (excludes halogenated alkanes) is 18. The van der Waals surface area contributed by atoms with Crippen LogP contribution in [0.15, 0.2) is 122 Å². The molecule has 69 heavy (non-hydrogen) atoms. The summed E-state index contributed by atoms with van der Waals surface area (Å²) in [7, 11) is 0. The van der Waals surface area contributed by atoms with Crippen molar-refractivity contribution >= 4 is 17.9 Å². The van der Waals surface area contributed by atoms with Gasteiger partial charge in [-0.2, -0.15) is 0 Å². The van der Waals surface area contributed by atoms with Crippen LogP contribution in [0.1, 0.15) is 239 Å². The normalized spacial score (nSPS) is 13.0. The average Bonchev–Trinajstić information content (AvgIpc) is 3.35. The molecule has 390 valence electrons. The van der Waals surface area contributed by atoms with Gasteiger partial charge in [0.15, 0.2) is 6.10 Å². The summed E-state index contributed by atoms with van der Waals surface area (Å²) < 4.78 is 16.7. The van der Waals surface area contributed by atoms with E-state index in [9.17, 15) is 14.4 Å². The van der Waals surface area contributed by atoms with E-state index >= 15 is 0 Å². The van der Waals surface area contributed by atoms with Crippen molar-refractivity contribution in [1.82, 2.24) is 0 Å². The number of ether oxygens (including phenoxy) is 3. The second-order valence-electron chi connectivity index (χ2n) is 18.1. The van der Waals surface area contributed by atoms with Crippen molar-refractivity contribution in [2.45, 2.75) is 245 Å². The van der Waals surface area contributed by atoms with E-state index in [1.54, 1.807) is 0 Å². The van der Waals surface area contributed by atoms with E-state index in [2.05, 4.69) is 142 Å². The van der Waals surface area contributed by atoms with E-state index in [0.29, 0.717) is 19.3 Å². The molecule has 6 heteroatoms. The lowest BCUT2D eigenvalue weighted by Crippen LogP contribution is -2.30. The van der Waals surface area contributed by atoms with Crippen molar-refractivity contribution in [3.63, 3.8) is 0 Å². The third-order valence-electron chi connectivity index (χ3n) is 11.4. The van der Waals surface area contributed by atoms with Crippen molar-refractivity contribution in [3.8, 4) is 0 Å². The maximum Gasteiger partial charge on any atom is 0.306 e. The van der Waals surface area contributed by atoms with Crippen LogP contribution in [0.5, 0.6) is 0 Å². The van der Waals surface area contributed by atoms with Crippen LogP contribution in [0.25, 0.3) is 0 Å². The van der Waals surface area contributed by atoms with E-state index in [1.165, 1.54) is 96.3 Å². The van der Waals surface area contributed by atoms with Crippen LogP contribution in [0.2, 0.25) is 0 Å². The minimum atomic E-state index is -0.837. The summed E-state index contributed by atoms with van der Waals surface area (Å²) in [6.07, 6.45) is 77.6. The van der Waals surface area contributed by atoms with E-state index < -0.39 is 6.10 Å². The van der Waals surface area contributed by atoms with Gasteiger partial charge >= 0.3 is 17.9 Å². The summed E-state index contributed by atoms with van der Waals surface area (Å²) in [4.78, 5) is 38.1. The molecule has 0 spiro atoms.